The molecule has 7 nitrogen and oxygen atoms in total. The van der Waals surface area contributed by atoms with Crippen molar-refractivity contribution in [2.24, 2.45) is 0 Å². The zero-order valence-electron chi connectivity index (χ0n) is 14.3. The van der Waals surface area contributed by atoms with Crippen molar-refractivity contribution in [1.29, 1.82) is 0 Å². The molecular weight excluding hydrogens is 342 g/mol. The van der Waals surface area contributed by atoms with Gasteiger partial charge < -0.3 is 10.1 Å². The Bertz CT molecular complexity index is 654. The molecule has 2 aliphatic rings. The molecule has 25 heavy (non-hydrogen) atoms. The third-order valence-electron chi connectivity index (χ3n) is 4.55. The fraction of sp³-hybridized carbons (Fsp3) is 0.647. The Hall–Kier alpha value is -1.96. The molecule has 136 valence electrons. The van der Waals surface area contributed by atoms with Crippen molar-refractivity contribution in [3.8, 4) is 0 Å². The van der Waals surface area contributed by atoms with Crippen molar-refractivity contribution in [2.75, 3.05) is 11.4 Å². The van der Waals surface area contributed by atoms with Crippen molar-refractivity contribution in [2.45, 2.75) is 64.0 Å². The molecule has 0 bridgehead atoms. The second-order valence-electron chi connectivity index (χ2n) is 6.57. The quantitative estimate of drug-likeness (QED) is 0.777. The van der Waals surface area contributed by atoms with Gasteiger partial charge in [0, 0.05) is 24.4 Å². The average molecular weight is 365 g/mol. The van der Waals surface area contributed by atoms with Crippen LogP contribution in [-0.4, -0.2) is 41.5 Å². The lowest BCUT2D eigenvalue weighted by Gasteiger charge is -2.17. The van der Waals surface area contributed by atoms with Crippen molar-refractivity contribution in [3.05, 3.63) is 11.1 Å². The van der Waals surface area contributed by atoms with Crippen LogP contribution in [0.2, 0.25) is 0 Å². The van der Waals surface area contributed by atoms with Crippen LogP contribution in [0.1, 0.15) is 51.1 Å². The Balaban J connectivity index is 1.47. The van der Waals surface area contributed by atoms with E-state index in [4.69, 9.17) is 4.74 Å². The van der Waals surface area contributed by atoms with Gasteiger partial charge in [0.05, 0.1) is 12.1 Å². The number of carbonyl (C=O) groups excluding carboxylic acids is 3. The first kappa shape index (κ1) is 17.8. The van der Waals surface area contributed by atoms with Crippen LogP contribution in [0.5, 0.6) is 0 Å². The summed E-state index contributed by atoms with van der Waals surface area (Å²) in [6.07, 6.45) is 4.81. The summed E-state index contributed by atoms with van der Waals surface area (Å²) in [6, 6.07) is 0.202. The zero-order chi connectivity index (χ0) is 17.8. The number of esters is 1. The minimum Gasteiger partial charge on any atom is -0.452 e. The van der Waals surface area contributed by atoms with Crippen molar-refractivity contribution < 1.29 is 19.1 Å². The predicted molar refractivity (Wildman–Crippen MR) is 93.4 cm³/mol. The number of aromatic nitrogens is 1. The van der Waals surface area contributed by atoms with Gasteiger partial charge in [0.15, 0.2) is 11.2 Å². The van der Waals surface area contributed by atoms with Crippen molar-refractivity contribution in [3.63, 3.8) is 0 Å². The van der Waals surface area contributed by atoms with E-state index in [0.29, 0.717) is 23.8 Å². The molecule has 0 radical (unpaired) electrons. The van der Waals surface area contributed by atoms with Crippen LogP contribution < -0.4 is 10.2 Å². The molecule has 2 amide bonds. The number of hydrogen-bond acceptors (Lipinski definition) is 6. The maximum Gasteiger partial charge on any atom is 0.312 e. The summed E-state index contributed by atoms with van der Waals surface area (Å²) in [6.45, 7) is 2.26. The molecule has 1 saturated carbocycles. The van der Waals surface area contributed by atoms with E-state index >= 15 is 0 Å². The normalized spacial score (nSPS) is 19.2. The second-order valence-corrected chi connectivity index (χ2v) is 7.41. The van der Waals surface area contributed by atoms with Crippen LogP contribution in [-0.2, 0) is 25.5 Å². The molecule has 1 N–H and O–H groups in total. The molecule has 8 heteroatoms. The number of thiazole rings is 1. The molecule has 1 aromatic rings. The molecular formula is C17H23N3O4S. The minimum absolute atomic E-state index is 0.000418. The van der Waals surface area contributed by atoms with Crippen LogP contribution in [0.4, 0.5) is 5.13 Å². The van der Waals surface area contributed by atoms with Gasteiger partial charge in [-0.05, 0) is 26.2 Å². The van der Waals surface area contributed by atoms with Gasteiger partial charge in [-0.2, -0.15) is 0 Å². The highest BCUT2D eigenvalue weighted by Gasteiger charge is 2.26. The summed E-state index contributed by atoms with van der Waals surface area (Å²) in [7, 11) is 0. The van der Waals surface area contributed by atoms with E-state index in [1.165, 1.54) is 11.3 Å². The van der Waals surface area contributed by atoms with E-state index in [2.05, 4.69) is 10.3 Å². The number of nitrogens with one attached hydrogen (secondary N) is 1. The lowest BCUT2D eigenvalue weighted by atomic mass is 10.2. The first-order valence-corrected chi connectivity index (χ1v) is 9.65. The van der Waals surface area contributed by atoms with E-state index in [9.17, 15) is 14.4 Å². The van der Waals surface area contributed by atoms with Gasteiger partial charge >= 0.3 is 5.97 Å². The number of rotatable bonds is 6. The molecule has 1 aliphatic carbocycles. The Kier molecular flexibility index (Phi) is 5.67. The molecule has 1 atom stereocenters. The molecule has 1 aliphatic heterocycles. The number of nitrogens with zero attached hydrogens (tertiary/aromatic N) is 2. The Morgan fingerprint density at radius 3 is 2.84 bits per heavy atom. The maximum atomic E-state index is 12.1. The minimum atomic E-state index is -0.814. The van der Waals surface area contributed by atoms with Crippen molar-refractivity contribution in [1.82, 2.24) is 10.3 Å². The molecule has 1 unspecified atom stereocenters. The van der Waals surface area contributed by atoms with Gasteiger partial charge in [0.2, 0.25) is 5.91 Å². The molecule has 0 aromatic carbocycles. The molecule has 0 spiro atoms. The second kappa shape index (κ2) is 7.95. The summed E-state index contributed by atoms with van der Waals surface area (Å²) in [5.74, 6) is -0.666. The van der Waals surface area contributed by atoms with Gasteiger partial charge in [-0.1, -0.05) is 12.8 Å². The van der Waals surface area contributed by atoms with E-state index in [1.54, 1.807) is 17.2 Å². The maximum absolute atomic E-state index is 12.1. The van der Waals surface area contributed by atoms with Crippen LogP contribution in [0.3, 0.4) is 0 Å². The zero-order valence-corrected chi connectivity index (χ0v) is 15.1. The Labute approximate surface area is 150 Å². The Morgan fingerprint density at radius 1 is 1.40 bits per heavy atom. The SMILES string of the molecule is CC(OC(=O)Cc1csc(N2CCCC2=O)n1)C(=O)NC1CCCC1. The van der Waals surface area contributed by atoms with Gasteiger partial charge in [-0.3, -0.25) is 19.3 Å². The van der Waals surface area contributed by atoms with Gasteiger partial charge in [-0.25, -0.2) is 4.98 Å². The molecule has 2 fully saturated rings. The largest absolute Gasteiger partial charge is 0.452 e. The first-order chi connectivity index (χ1) is 12.0. The van der Waals surface area contributed by atoms with Crippen LogP contribution >= 0.6 is 11.3 Å². The topological polar surface area (TPSA) is 88.6 Å². The van der Waals surface area contributed by atoms with E-state index in [-0.39, 0.29) is 24.3 Å². The average Bonchev–Trinajstić information content (AvgIpc) is 3.29. The standard InChI is InChI=1S/C17H23N3O4S/c1-11(16(23)18-12-5-2-3-6-12)24-15(22)9-13-10-25-17(19-13)20-8-4-7-14(20)21/h10-12H,2-9H2,1H3,(H,18,23). The summed E-state index contributed by atoms with van der Waals surface area (Å²) in [5.41, 5.74) is 0.563. The first-order valence-electron chi connectivity index (χ1n) is 8.77. The lowest BCUT2D eigenvalue weighted by molar-refractivity contribution is -0.154. The van der Waals surface area contributed by atoms with Crippen LogP contribution in [0.25, 0.3) is 0 Å². The fourth-order valence-corrected chi connectivity index (χ4v) is 4.05. The summed E-state index contributed by atoms with van der Waals surface area (Å²) in [4.78, 5) is 41.8. The molecule has 1 aromatic heterocycles. The highest BCUT2D eigenvalue weighted by atomic mass is 32.1. The lowest BCUT2D eigenvalue weighted by Crippen LogP contribution is -2.41. The summed E-state index contributed by atoms with van der Waals surface area (Å²) in [5, 5.41) is 5.30. The van der Waals surface area contributed by atoms with Gasteiger partial charge in [-0.15, -0.1) is 11.3 Å². The summed E-state index contributed by atoms with van der Waals surface area (Å²) < 4.78 is 5.22. The number of amides is 2. The third kappa shape index (κ3) is 4.56. The van der Waals surface area contributed by atoms with Gasteiger partial charge in [0.25, 0.3) is 5.91 Å². The molecule has 3 rings (SSSR count). The highest BCUT2D eigenvalue weighted by molar-refractivity contribution is 7.14. The smallest absolute Gasteiger partial charge is 0.312 e. The number of hydrogen-bond donors (Lipinski definition) is 1. The monoisotopic (exact) mass is 365 g/mol. The number of ether oxygens (including phenoxy) is 1. The van der Waals surface area contributed by atoms with E-state index in [1.807, 2.05) is 0 Å². The Morgan fingerprint density at radius 2 is 2.16 bits per heavy atom. The predicted octanol–water partition coefficient (Wildman–Crippen LogP) is 1.80. The van der Waals surface area contributed by atoms with Crippen LogP contribution in [0.15, 0.2) is 5.38 Å². The number of anilines is 1. The van der Waals surface area contributed by atoms with E-state index in [0.717, 1.165) is 32.1 Å². The van der Waals surface area contributed by atoms with Gasteiger partial charge in [0.1, 0.15) is 0 Å². The van der Waals surface area contributed by atoms with Crippen molar-refractivity contribution >= 4 is 34.3 Å². The molecule has 2 heterocycles. The van der Waals surface area contributed by atoms with E-state index < -0.39 is 12.1 Å². The third-order valence-corrected chi connectivity index (χ3v) is 5.46. The molecule has 1 saturated heterocycles. The highest BCUT2D eigenvalue weighted by Crippen LogP contribution is 2.25. The van der Waals surface area contributed by atoms with Crippen LogP contribution in [0, 0.1) is 0 Å². The number of carbonyl (C=O) groups is 3. The summed E-state index contributed by atoms with van der Waals surface area (Å²) >= 11 is 1.35. The fourth-order valence-electron chi connectivity index (χ4n) is 3.18.